The molecule has 2 rings (SSSR count). The third kappa shape index (κ3) is 7.06. The van der Waals surface area contributed by atoms with Crippen LogP contribution in [-0.4, -0.2) is 24.3 Å². The van der Waals surface area contributed by atoms with E-state index in [1.165, 1.54) is 18.4 Å². The molecule has 1 fully saturated rings. The van der Waals surface area contributed by atoms with Gasteiger partial charge in [0, 0.05) is 0 Å². The van der Waals surface area contributed by atoms with Crippen LogP contribution in [0.3, 0.4) is 0 Å². The molecule has 0 radical (unpaired) electrons. The van der Waals surface area contributed by atoms with E-state index in [-0.39, 0.29) is 13.2 Å². The normalized spacial score (nSPS) is 16.3. The van der Waals surface area contributed by atoms with E-state index >= 15 is 0 Å². The van der Waals surface area contributed by atoms with Crippen LogP contribution in [0.4, 0.5) is 0 Å². The first-order valence-corrected chi connectivity index (χ1v) is 10.6. The number of hydrogen-bond donors (Lipinski definition) is 0. The lowest BCUT2D eigenvalue weighted by molar-refractivity contribution is -0.163. The molecule has 0 spiro atoms. The van der Waals surface area contributed by atoms with E-state index in [1.54, 1.807) is 27.7 Å². The summed E-state index contributed by atoms with van der Waals surface area (Å²) in [5.41, 5.74) is 1.73. The minimum atomic E-state index is -0.585. The molecule has 0 N–H and O–H groups in total. The van der Waals surface area contributed by atoms with Gasteiger partial charge in [-0.15, -0.1) is 0 Å². The van der Waals surface area contributed by atoms with Crippen LogP contribution in [0.5, 0.6) is 5.75 Å². The number of esters is 2. The second-order valence-corrected chi connectivity index (χ2v) is 9.46. The lowest BCUT2D eigenvalue weighted by Crippen LogP contribution is -2.27. The van der Waals surface area contributed by atoms with Gasteiger partial charge < -0.3 is 14.2 Å². The summed E-state index contributed by atoms with van der Waals surface area (Å²) in [5.74, 6) is 0.802. The number of ether oxygens (including phenoxy) is 3. The summed E-state index contributed by atoms with van der Waals surface area (Å²) in [5, 5.41) is 0. The highest BCUT2D eigenvalue weighted by Crippen LogP contribution is 2.46. The Morgan fingerprint density at radius 2 is 1.69 bits per heavy atom. The molecule has 0 bridgehead atoms. The minimum Gasteiger partial charge on any atom is -0.460 e. The first-order chi connectivity index (χ1) is 13.5. The Morgan fingerprint density at radius 3 is 2.24 bits per heavy atom. The number of rotatable bonds is 9. The van der Waals surface area contributed by atoms with Crippen molar-refractivity contribution in [1.29, 1.82) is 0 Å². The number of benzene rings is 1. The van der Waals surface area contributed by atoms with Gasteiger partial charge in [-0.3, -0.25) is 9.59 Å². The van der Waals surface area contributed by atoms with Crippen LogP contribution in [0, 0.1) is 11.8 Å². The Kier molecular flexibility index (Phi) is 7.73. The molecule has 2 atom stereocenters. The predicted octanol–water partition coefficient (Wildman–Crippen LogP) is 5.57. The SMILES string of the molecule is CC(C)c1cccc([C@H](C)C2CC2)c1OCOC(=O)[C@H](C)CC(=O)OC(C)(C)C. The topological polar surface area (TPSA) is 61.8 Å². The maximum absolute atomic E-state index is 12.3. The largest absolute Gasteiger partial charge is 0.460 e. The fourth-order valence-electron chi connectivity index (χ4n) is 3.41. The van der Waals surface area contributed by atoms with Crippen molar-refractivity contribution in [1.82, 2.24) is 0 Å². The molecule has 0 aliphatic heterocycles. The summed E-state index contributed by atoms with van der Waals surface area (Å²) >= 11 is 0. The van der Waals surface area contributed by atoms with Crippen molar-refractivity contribution < 1.29 is 23.8 Å². The monoisotopic (exact) mass is 404 g/mol. The number of para-hydroxylation sites is 1. The van der Waals surface area contributed by atoms with E-state index in [1.807, 2.05) is 0 Å². The van der Waals surface area contributed by atoms with Gasteiger partial charge in [0.1, 0.15) is 11.4 Å². The highest BCUT2D eigenvalue weighted by molar-refractivity contribution is 5.79. The van der Waals surface area contributed by atoms with Crippen molar-refractivity contribution in [2.75, 3.05) is 6.79 Å². The molecule has 1 aliphatic carbocycles. The molecular weight excluding hydrogens is 368 g/mol. The lowest BCUT2D eigenvalue weighted by Gasteiger charge is -2.22. The number of hydrogen-bond acceptors (Lipinski definition) is 5. The van der Waals surface area contributed by atoms with E-state index in [0.717, 1.165) is 11.3 Å². The second kappa shape index (κ2) is 9.64. The predicted molar refractivity (Wildman–Crippen MR) is 113 cm³/mol. The van der Waals surface area contributed by atoms with E-state index in [0.29, 0.717) is 17.8 Å². The van der Waals surface area contributed by atoms with E-state index < -0.39 is 23.5 Å². The quantitative estimate of drug-likeness (QED) is 0.398. The average Bonchev–Trinajstić information content (AvgIpc) is 3.44. The Balaban J connectivity index is 1.97. The van der Waals surface area contributed by atoms with Gasteiger partial charge in [0.05, 0.1) is 12.3 Å². The molecule has 1 aromatic rings. The smallest absolute Gasteiger partial charge is 0.312 e. The zero-order chi connectivity index (χ0) is 21.8. The Morgan fingerprint density at radius 1 is 1.07 bits per heavy atom. The molecule has 0 amide bonds. The highest BCUT2D eigenvalue weighted by atomic mass is 16.7. The minimum absolute atomic E-state index is 0.0113. The summed E-state index contributed by atoms with van der Waals surface area (Å²) in [7, 11) is 0. The summed E-state index contributed by atoms with van der Waals surface area (Å²) in [6, 6.07) is 6.25. The van der Waals surface area contributed by atoms with Crippen LogP contribution in [0.1, 0.15) is 90.7 Å². The molecule has 29 heavy (non-hydrogen) atoms. The van der Waals surface area contributed by atoms with Crippen molar-refractivity contribution in [2.45, 2.75) is 85.2 Å². The first kappa shape index (κ1) is 23.2. The van der Waals surface area contributed by atoms with Crippen LogP contribution >= 0.6 is 0 Å². The van der Waals surface area contributed by atoms with E-state index in [2.05, 4.69) is 39.0 Å². The maximum Gasteiger partial charge on any atom is 0.312 e. The van der Waals surface area contributed by atoms with Gasteiger partial charge >= 0.3 is 11.9 Å². The summed E-state index contributed by atoms with van der Waals surface area (Å²) in [6.45, 7) is 13.4. The van der Waals surface area contributed by atoms with Gasteiger partial charge in [0.15, 0.2) is 0 Å². The van der Waals surface area contributed by atoms with Gasteiger partial charge in [-0.25, -0.2) is 0 Å². The maximum atomic E-state index is 12.3. The van der Waals surface area contributed by atoms with Crippen LogP contribution in [0.25, 0.3) is 0 Å². The molecule has 0 unspecified atom stereocenters. The van der Waals surface area contributed by atoms with Crippen LogP contribution in [-0.2, 0) is 19.1 Å². The Bertz CT molecular complexity index is 712. The van der Waals surface area contributed by atoms with Crippen LogP contribution < -0.4 is 4.74 Å². The van der Waals surface area contributed by atoms with Gasteiger partial charge in [0.25, 0.3) is 0 Å². The van der Waals surface area contributed by atoms with Crippen LogP contribution in [0.2, 0.25) is 0 Å². The molecular formula is C24H36O5. The Labute approximate surface area is 175 Å². The molecule has 0 saturated heterocycles. The van der Waals surface area contributed by atoms with Gasteiger partial charge in [-0.2, -0.15) is 0 Å². The van der Waals surface area contributed by atoms with Crippen LogP contribution in [0.15, 0.2) is 18.2 Å². The van der Waals surface area contributed by atoms with E-state index in [9.17, 15) is 9.59 Å². The van der Waals surface area contributed by atoms with Crippen molar-refractivity contribution in [3.8, 4) is 5.75 Å². The molecule has 1 aromatic carbocycles. The highest BCUT2D eigenvalue weighted by Gasteiger charge is 2.31. The van der Waals surface area contributed by atoms with Gasteiger partial charge in [-0.1, -0.05) is 45.9 Å². The third-order valence-corrected chi connectivity index (χ3v) is 5.22. The Hall–Kier alpha value is -2.04. The molecule has 162 valence electrons. The zero-order valence-corrected chi connectivity index (χ0v) is 18.9. The number of carbonyl (C=O) groups is 2. The summed E-state index contributed by atoms with van der Waals surface area (Å²) in [6.07, 6.45) is 2.50. The summed E-state index contributed by atoms with van der Waals surface area (Å²) in [4.78, 5) is 24.2. The fourth-order valence-corrected chi connectivity index (χ4v) is 3.41. The van der Waals surface area contributed by atoms with Gasteiger partial charge in [0.2, 0.25) is 6.79 Å². The molecule has 0 heterocycles. The van der Waals surface area contributed by atoms with Crippen molar-refractivity contribution in [2.24, 2.45) is 11.8 Å². The molecule has 1 aliphatic rings. The standard InChI is InChI=1S/C24H36O5/c1-15(2)19-9-8-10-20(17(4)18-11-12-18)22(19)27-14-28-23(26)16(3)13-21(25)29-24(5,6)7/h8-10,15-18H,11-14H2,1-7H3/t16-,17-/m1/s1. The van der Waals surface area contributed by atoms with E-state index in [4.69, 9.17) is 14.2 Å². The zero-order valence-electron chi connectivity index (χ0n) is 18.9. The molecule has 5 nitrogen and oxygen atoms in total. The fraction of sp³-hybridized carbons (Fsp3) is 0.667. The van der Waals surface area contributed by atoms with Crippen molar-refractivity contribution in [3.05, 3.63) is 29.3 Å². The lowest BCUT2D eigenvalue weighted by atomic mass is 9.90. The second-order valence-electron chi connectivity index (χ2n) is 9.46. The molecule has 5 heteroatoms. The van der Waals surface area contributed by atoms with Crippen molar-refractivity contribution in [3.63, 3.8) is 0 Å². The first-order valence-electron chi connectivity index (χ1n) is 10.6. The molecule has 0 aromatic heterocycles. The summed E-state index contributed by atoms with van der Waals surface area (Å²) < 4.78 is 16.6. The molecule has 1 saturated carbocycles. The average molecular weight is 405 g/mol. The number of carbonyl (C=O) groups excluding carboxylic acids is 2. The third-order valence-electron chi connectivity index (χ3n) is 5.22. The van der Waals surface area contributed by atoms with Gasteiger partial charge in [-0.05, 0) is 62.5 Å². The van der Waals surface area contributed by atoms with Crippen molar-refractivity contribution >= 4 is 11.9 Å².